The Morgan fingerprint density at radius 2 is 1.80 bits per heavy atom. The third-order valence-electron chi connectivity index (χ3n) is 4.10. The molecule has 4 nitrogen and oxygen atoms in total. The number of aromatic nitrogens is 1. The van der Waals surface area contributed by atoms with Crippen LogP contribution in [0.15, 0.2) is 71.7 Å². The van der Waals surface area contributed by atoms with Crippen LogP contribution in [0.3, 0.4) is 0 Å². The summed E-state index contributed by atoms with van der Waals surface area (Å²) in [6.45, 7) is 1.77. The number of carbonyl (C=O) groups is 1. The van der Waals surface area contributed by atoms with Gasteiger partial charge in [-0.05, 0) is 24.6 Å². The Hall–Kier alpha value is -3.01. The van der Waals surface area contributed by atoms with Gasteiger partial charge in [0, 0.05) is 23.7 Å². The lowest BCUT2D eigenvalue weighted by Gasteiger charge is -2.22. The third kappa shape index (κ3) is 3.91. The van der Waals surface area contributed by atoms with Crippen molar-refractivity contribution in [2.45, 2.75) is 18.9 Å². The van der Waals surface area contributed by atoms with E-state index in [-0.39, 0.29) is 5.97 Å². The smallest absolute Gasteiger partial charge is 0.333 e. The van der Waals surface area contributed by atoms with Crippen molar-refractivity contribution in [1.82, 2.24) is 4.98 Å². The van der Waals surface area contributed by atoms with Crippen molar-refractivity contribution in [3.05, 3.63) is 78.0 Å². The molecule has 126 valence electrons. The Balaban J connectivity index is 1.91. The second-order valence-electron chi connectivity index (χ2n) is 6.11. The highest BCUT2D eigenvalue weighted by molar-refractivity contribution is 5.87. The number of esters is 1. The van der Waals surface area contributed by atoms with Gasteiger partial charge in [-0.3, -0.25) is 9.98 Å². The first-order valence-corrected chi connectivity index (χ1v) is 8.14. The van der Waals surface area contributed by atoms with E-state index in [2.05, 4.69) is 9.98 Å². The van der Waals surface area contributed by atoms with Gasteiger partial charge < -0.3 is 4.74 Å². The largest absolute Gasteiger partial charge is 0.467 e. The minimum absolute atomic E-state index is 0.369. The monoisotopic (exact) mass is 332 g/mol. The molecule has 0 aliphatic heterocycles. The van der Waals surface area contributed by atoms with Crippen LogP contribution in [0.25, 0.3) is 10.9 Å². The van der Waals surface area contributed by atoms with E-state index in [0.717, 1.165) is 22.2 Å². The summed E-state index contributed by atoms with van der Waals surface area (Å²) in [5, 5.41) is 1.07. The van der Waals surface area contributed by atoms with Crippen molar-refractivity contribution in [3.8, 4) is 0 Å². The number of rotatable bonds is 5. The molecule has 3 rings (SSSR count). The molecule has 0 aliphatic carbocycles. The van der Waals surface area contributed by atoms with Crippen molar-refractivity contribution >= 4 is 23.1 Å². The van der Waals surface area contributed by atoms with Gasteiger partial charge in [-0.25, -0.2) is 4.79 Å². The SMILES string of the molecule is COC(=O)C(C)(Cc1ccc2ccccc2n1)N=Cc1ccccc1. The molecule has 1 atom stereocenters. The highest BCUT2D eigenvalue weighted by atomic mass is 16.5. The van der Waals surface area contributed by atoms with Gasteiger partial charge >= 0.3 is 5.97 Å². The highest BCUT2D eigenvalue weighted by Gasteiger charge is 2.34. The minimum Gasteiger partial charge on any atom is -0.467 e. The number of aliphatic imine (C=N–C) groups is 1. The van der Waals surface area contributed by atoms with Crippen molar-refractivity contribution in [3.63, 3.8) is 0 Å². The summed E-state index contributed by atoms with van der Waals surface area (Å²) in [6.07, 6.45) is 2.08. The average molecular weight is 332 g/mol. The lowest BCUT2D eigenvalue weighted by Crippen LogP contribution is -2.37. The van der Waals surface area contributed by atoms with Crippen LogP contribution in [0.1, 0.15) is 18.2 Å². The van der Waals surface area contributed by atoms with Gasteiger partial charge in [0.1, 0.15) is 0 Å². The number of fused-ring (bicyclic) bond motifs is 1. The van der Waals surface area contributed by atoms with E-state index in [4.69, 9.17) is 4.74 Å². The Morgan fingerprint density at radius 3 is 2.56 bits per heavy atom. The molecule has 0 N–H and O–H groups in total. The molecule has 1 aromatic heterocycles. The van der Waals surface area contributed by atoms with E-state index in [1.165, 1.54) is 7.11 Å². The van der Waals surface area contributed by atoms with Crippen LogP contribution in [-0.4, -0.2) is 29.8 Å². The summed E-state index contributed by atoms with van der Waals surface area (Å²) >= 11 is 0. The van der Waals surface area contributed by atoms with E-state index in [0.29, 0.717) is 6.42 Å². The van der Waals surface area contributed by atoms with Crippen molar-refractivity contribution in [1.29, 1.82) is 0 Å². The second-order valence-corrected chi connectivity index (χ2v) is 6.11. The first kappa shape index (κ1) is 16.8. The van der Waals surface area contributed by atoms with Crippen LogP contribution in [0, 0.1) is 0 Å². The van der Waals surface area contributed by atoms with E-state index < -0.39 is 5.54 Å². The molecule has 1 heterocycles. The van der Waals surface area contributed by atoms with E-state index >= 15 is 0 Å². The van der Waals surface area contributed by atoms with Gasteiger partial charge in [-0.15, -0.1) is 0 Å². The van der Waals surface area contributed by atoms with Gasteiger partial charge in [-0.1, -0.05) is 54.6 Å². The topological polar surface area (TPSA) is 51.5 Å². The summed E-state index contributed by atoms with van der Waals surface area (Å²) < 4.78 is 4.98. The number of pyridine rings is 1. The van der Waals surface area contributed by atoms with E-state index in [1.807, 2.05) is 66.7 Å². The summed E-state index contributed by atoms with van der Waals surface area (Å²) in [6, 6.07) is 21.5. The molecule has 0 radical (unpaired) electrons. The number of methoxy groups -OCH3 is 1. The fraction of sp³-hybridized carbons (Fsp3) is 0.190. The number of hydrogen-bond donors (Lipinski definition) is 0. The molecule has 0 amide bonds. The molecule has 0 saturated carbocycles. The van der Waals surface area contributed by atoms with Crippen LogP contribution < -0.4 is 0 Å². The highest BCUT2D eigenvalue weighted by Crippen LogP contribution is 2.21. The lowest BCUT2D eigenvalue weighted by atomic mass is 9.95. The predicted octanol–water partition coefficient (Wildman–Crippen LogP) is 3.83. The summed E-state index contributed by atoms with van der Waals surface area (Å²) in [5.74, 6) is -0.380. The Bertz CT molecular complexity index is 906. The molecule has 0 fully saturated rings. The zero-order valence-electron chi connectivity index (χ0n) is 14.3. The molecular formula is C21H20N2O2. The van der Waals surface area contributed by atoms with Crippen LogP contribution in [0.4, 0.5) is 0 Å². The maximum absolute atomic E-state index is 12.4. The van der Waals surface area contributed by atoms with Crippen LogP contribution in [0.5, 0.6) is 0 Å². The van der Waals surface area contributed by atoms with E-state index in [9.17, 15) is 4.79 Å². The molecule has 0 aliphatic rings. The first-order valence-electron chi connectivity index (χ1n) is 8.14. The Labute approximate surface area is 147 Å². The standard InChI is InChI=1S/C21H20N2O2/c1-21(20(24)25-2,22-15-16-8-4-3-5-9-16)14-18-13-12-17-10-6-7-11-19(17)23-18/h3-13,15H,14H2,1-2H3. The molecule has 3 aromatic rings. The summed E-state index contributed by atoms with van der Waals surface area (Å²) in [5.41, 5.74) is 1.61. The molecule has 1 unspecified atom stereocenters. The number of para-hydroxylation sites is 1. The van der Waals surface area contributed by atoms with Crippen LogP contribution in [0.2, 0.25) is 0 Å². The molecule has 25 heavy (non-hydrogen) atoms. The number of carbonyl (C=O) groups excluding carboxylic acids is 1. The zero-order valence-corrected chi connectivity index (χ0v) is 14.3. The predicted molar refractivity (Wildman–Crippen MR) is 99.9 cm³/mol. The van der Waals surface area contributed by atoms with Gasteiger partial charge in [0.15, 0.2) is 5.54 Å². The molecule has 2 aromatic carbocycles. The van der Waals surface area contributed by atoms with Gasteiger partial charge in [0.2, 0.25) is 0 Å². The molecule has 0 spiro atoms. The lowest BCUT2D eigenvalue weighted by molar-refractivity contribution is -0.146. The number of benzene rings is 2. The van der Waals surface area contributed by atoms with Crippen molar-refractivity contribution in [2.75, 3.05) is 7.11 Å². The van der Waals surface area contributed by atoms with Crippen LogP contribution >= 0.6 is 0 Å². The second kappa shape index (κ2) is 7.26. The normalized spacial score (nSPS) is 13.7. The minimum atomic E-state index is -1.03. The first-order chi connectivity index (χ1) is 12.1. The van der Waals surface area contributed by atoms with Gasteiger partial charge in [-0.2, -0.15) is 0 Å². The number of ether oxygens (including phenoxy) is 1. The number of nitrogens with zero attached hydrogens (tertiary/aromatic N) is 2. The Morgan fingerprint density at radius 1 is 1.08 bits per heavy atom. The third-order valence-corrected chi connectivity index (χ3v) is 4.10. The maximum atomic E-state index is 12.4. The zero-order chi connectivity index (χ0) is 17.7. The van der Waals surface area contributed by atoms with Crippen molar-refractivity contribution < 1.29 is 9.53 Å². The molecular weight excluding hydrogens is 312 g/mol. The fourth-order valence-electron chi connectivity index (χ4n) is 2.71. The van der Waals surface area contributed by atoms with E-state index in [1.54, 1.807) is 13.1 Å². The maximum Gasteiger partial charge on any atom is 0.333 e. The number of hydrogen-bond acceptors (Lipinski definition) is 4. The summed E-state index contributed by atoms with van der Waals surface area (Å²) in [7, 11) is 1.38. The molecule has 0 bridgehead atoms. The molecule has 0 saturated heterocycles. The average Bonchev–Trinajstić information content (AvgIpc) is 2.66. The van der Waals surface area contributed by atoms with Gasteiger partial charge in [0.25, 0.3) is 0 Å². The quantitative estimate of drug-likeness (QED) is 0.527. The molecule has 4 heteroatoms. The van der Waals surface area contributed by atoms with Crippen LogP contribution in [-0.2, 0) is 16.0 Å². The fourth-order valence-corrected chi connectivity index (χ4v) is 2.71. The summed E-state index contributed by atoms with van der Waals surface area (Å²) in [4.78, 5) is 21.5. The van der Waals surface area contributed by atoms with Crippen molar-refractivity contribution in [2.24, 2.45) is 4.99 Å². The van der Waals surface area contributed by atoms with Gasteiger partial charge in [0.05, 0.1) is 12.6 Å². The Kier molecular flexibility index (Phi) is 4.89.